The van der Waals surface area contributed by atoms with Gasteiger partial charge in [-0.05, 0) is 52.0 Å². The van der Waals surface area contributed by atoms with E-state index in [1.165, 1.54) is 31.4 Å². The number of fused-ring (bicyclic) bond motifs is 1. The van der Waals surface area contributed by atoms with Gasteiger partial charge in [0.1, 0.15) is 34.7 Å². The summed E-state index contributed by atoms with van der Waals surface area (Å²) in [6, 6.07) is 5.84. The fourth-order valence-corrected chi connectivity index (χ4v) is 3.92. The first-order chi connectivity index (χ1) is 16.8. The molecule has 3 rings (SSSR count). The van der Waals surface area contributed by atoms with Gasteiger partial charge in [-0.25, -0.2) is 22.5 Å². The molecule has 6 nitrogen and oxygen atoms in total. The predicted molar refractivity (Wildman–Crippen MR) is 132 cm³/mol. The van der Waals surface area contributed by atoms with Crippen LogP contribution in [0.5, 0.6) is 0 Å². The summed E-state index contributed by atoms with van der Waals surface area (Å²) in [5.74, 6) is -3.97. The van der Waals surface area contributed by atoms with Gasteiger partial charge in [-0.3, -0.25) is 14.2 Å². The van der Waals surface area contributed by atoms with E-state index >= 15 is 0 Å². The van der Waals surface area contributed by atoms with Crippen LogP contribution in [0.4, 0.5) is 23.4 Å². The molecule has 0 atom stereocenters. The number of amides is 1. The molecule has 1 N–H and O–H groups in total. The minimum absolute atomic E-state index is 0.00754. The van der Waals surface area contributed by atoms with Crippen LogP contribution in [-0.2, 0) is 0 Å². The number of nitrogens with zero attached hydrogens (tertiary/aromatic N) is 3. The second-order valence-electron chi connectivity index (χ2n) is 8.90. The third-order valence-electron chi connectivity index (χ3n) is 5.60. The Bertz CT molecular complexity index is 1470. The summed E-state index contributed by atoms with van der Waals surface area (Å²) in [6.07, 6.45) is 2.14. The third kappa shape index (κ3) is 5.02. The van der Waals surface area contributed by atoms with Gasteiger partial charge in [-0.15, -0.1) is 0 Å². The summed E-state index contributed by atoms with van der Waals surface area (Å²) >= 11 is 0. The minimum atomic E-state index is -1.55. The Balaban J connectivity index is 2.27. The normalized spacial score (nSPS) is 13.0. The van der Waals surface area contributed by atoms with E-state index in [1.807, 2.05) is 0 Å². The van der Waals surface area contributed by atoms with E-state index in [0.29, 0.717) is 11.9 Å². The molecule has 36 heavy (non-hydrogen) atoms. The van der Waals surface area contributed by atoms with Crippen molar-refractivity contribution in [2.75, 3.05) is 19.0 Å². The predicted octanol–water partition coefficient (Wildman–Crippen LogP) is 5.36. The topological polar surface area (TPSA) is 67.2 Å². The van der Waals surface area contributed by atoms with Crippen LogP contribution in [-0.4, -0.2) is 35.1 Å². The first kappa shape index (κ1) is 26.7. The lowest BCUT2D eigenvalue weighted by Crippen LogP contribution is -2.47. The molecule has 0 aliphatic rings. The summed E-state index contributed by atoms with van der Waals surface area (Å²) in [6.45, 7) is 5.21. The lowest BCUT2D eigenvalue weighted by molar-refractivity contribution is 0.0922. The van der Waals surface area contributed by atoms with Gasteiger partial charge in [-0.2, -0.15) is 0 Å². The Hall–Kier alpha value is -3.95. The van der Waals surface area contributed by atoms with Crippen molar-refractivity contribution in [2.24, 2.45) is 0 Å². The van der Waals surface area contributed by atoms with Gasteiger partial charge >= 0.3 is 0 Å². The summed E-state index contributed by atoms with van der Waals surface area (Å²) in [4.78, 5) is 32.7. The molecule has 3 aromatic rings. The molecular formula is C26H26F4N4O2. The SMILES string of the molecule is C/C=C(F)\C(=C(/C)F)C(C)(C)NC(=O)c1cn(-c2ccc(F)cc2F)c2nc(N(C)C)ccc2c1=O. The largest absolute Gasteiger partial charge is 0.363 e. The van der Waals surface area contributed by atoms with Crippen molar-refractivity contribution in [3.63, 3.8) is 0 Å². The van der Waals surface area contributed by atoms with Crippen LogP contribution in [0.3, 0.4) is 0 Å². The van der Waals surface area contributed by atoms with Crippen molar-refractivity contribution in [3.05, 3.63) is 87.3 Å². The van der Waals surface area contributed by atoms with Crippen LogP contribution in [0.1, 0.15) is 38.1 Å². The monoisotopic (exact) mass is 502 g/mol. The van der Waals surface area contributed by atoms with E-state index in [9.17, 15) is 27.2 Å². The number of rotatable bonds is 6. The molecule has 0 radical (unpaired) electrons. The van der Waals surface area contributed by atoms with Crippen LogP contribution in [0.15, 0.2) is 64.6 Å². The highest BCUT2D eigenvalue weighted by Crippen LogP contribution is 2.29. The zero-order chi connectivity index (χ0) is 26.9. The van der Waals surface area contributed by atoms with Crippen molar-refractivity contribution in [2.45, 2.75) is 33.2 Å². The quantitative estimate of drug-likeness (QED) is 0.364. The molecule has 2 heterocycles. The van der Waals surface area contributed by atoms with Gasteiger partial charge in [0, 0.05) is 31.9 Å². The van der Waals surface area contributed by atoms with Crippen LogP contribution in [0.2, 0.25) is 0 Å². The molecule has 2 aromatic heterocycles. The Labute approximate surface area is 205 Å². The zero-order valence-corrected chi connectivity index (χ0v) is 20.7. The molecule has 0 saturated carbocycles. The molecule has 0 spiro atoms. The second kappa shape index (κ2) is 9.96. The number of allylic oxidation sites excluding steroid dienone is 2. The van der Waals surface area contributed by atoms with Gasteiger partial charge in [0.05, 0.1) is 16.6 Å². The number of nitrogens with one attached hydrogen (secondary N) is 1. The third-order valence-corrected chi connectivity index (χ3v) is 5.60. The molecule has 1 amide bonds. The van der Waals surface area contributed by atoms with E-state index in [4.69, 9.17) is 0 Å². The lowest BCUT2D eigenvalue weighted by atomic mass is 9.91. The number of benzene rings is 1. The Kier molecular flexibility index (Phi) is 7.38. The molecule has 0 bridgehead atoms. The second-order valence-corrected chi connectivity index (χ2v) is 8.90. The van der Waals surface area contributed by atoms with Gasteiger partial charge < -0.3 is 10.2 Å². The number of carbonyl (C=O) groups is 1. The molecule has 0 unspecified atom stereocenters. The van der Waals surface area contributed by atoms with E-state index in [0.717, 1.165) is 31.3 Å². The van der Waals surface area contributed by atoms with E-state index < -0.39 is 45.7 Å². The first-order valence-electron chi connectivity index (χ1n) is 11.0. The van der Waals surface area contributed by atoms with E-state index in [2.05, 4.69) is 10.3 Å². The number of aromatic nitrogens is 2. The van der Waals surface area contributed by atoms with Gasteiger partial charge in [0.25, 0.3) is 5.91 Å². The first-order valence-corrected chi connectivity index (χ1v) is 11.0. The minimum Gasteiger partial charge on any atom is -0.363 e. The average Bonchev–Trinajstić information content (AvgIpc) is 2.78. The maximum absolute atomic E-state index is 14.8. The molecular weight excluding hydrogens is 476 g/mol. The summed E-state index contributed by atoms with van der Waals surface area (Å²) in [5, 5.41) is 2.49. The number of carbonyl (C=O) groups excluding carboxylic acids is 1. The van der Waals surface area contributed by atoms with Crippen LogP contribution < -0.4 is 15.6 Å². The number of hydrogen-bond donors (Lipinski definition) is 1. The lowest BCUT2D eigenvalue weighted by Gasteiger charge is -2.29. The van der Waals surface area contributed by atoms with Gasteiger partial charge in [0.2, 0.25) is 5.43 Å². The fraction of sp³-hybridized carbons (Fsp3) is 0.269. The zero-order valence-electron chi connectivity index (χ0n) is 20.7. The average molecular weight is 503 g/mol. The fourth-order valence-electron chi connectivity index (χ4n) is 3.92. The summed E-state index contributed by atoms with van der Waals surface area (Å²) < 4.78 is 58.1. The van der Waals surface area contributed by atoms with Crippen molar-refractivity contribution >= 4 is 22.8 Å². The molecule has 0 saturated heterocycles. The maximum atomic E-state index is 14.8. The van der Waals surface area contributed by atoms with Crippen molar-refractivity contribution < 1.29 is 22.4 Å². The van der Waals surface area contributed by atoms with Crippen molar-refractivity contribution in [1.29, 1.82) is 0 Å². The molecule has 190 valence electrons. The standard InChI is InChI=1S/C26H26F4N4O2/c1-7-18(29)22(14(2)27)26(3,4)32-25(36)17-13-34(20-10-8-15(28)12-19(20)30)24-16(23(17)35)9-11-21(31-24)33(5)6/h7-13H,1-6H3,(H,32,36)/b18-7+,22-14-. The van der Waals surface area contributed by atoms with Crippen LogP contribution in [0, 0.1) is 11.6 Å². The summed E-state index contributed by atoms with van der Waals surface area (Å²) in [5.41, 5.74) is -3.20. The van der Waals surface area contributed by atoms with Gasteiger partial charge in [-0.1, -0.05) is 6.08 Å². The van der Waals surface area contributed by atoms with Crippen molar-refractivity contribution in [3.8, 4) is 5.69 Å². The number of pyridine rings is 2. The molecule has 10 heteroatoms. The summed E-state index contributed by atoms with van der Waals surface area (Å²) in [7, 11) is 3.45. The molecule has 0 aliphatic heterocycles. The van der Waals surface area contributed by atoms with Crippen molar-refractivity contribution in [1.82, 2.24) is 14.9 Å². The smallest absolute Gasteiger partial charge is 0.257 e. The molecule has 1 aromatic carbocycles. The Morgan fingerprint density at radius 1 is 1.14 bits per heavy atom. The van der Waals surface area contributed by atoms with Crippen LogP contribution >= 0.6 is 0 Å². The maximum Gasteiger partial charge on any atom is 0.257 e. The number of hydrogen-bond acceptors (Lipinski definition) is 4. The molecule has 0 fully saturated rings. The Morgan fingerprint density at radius 2 is 1.81 bits per heavy atom. The number of halogens is 4. The van der Waals surface area contributed by atoms with E-state index in [-0.39, 0.29) is 22.3 Å². The number of anilines is 1. The highest BCUT2D eigenvalue weighted by Gasteiger charge is 2.32. The highest BCUT2D eigenvalue weighted by molar-refractivity contribution is 5.98. The van der Waals surface area contributed by atoms with Gasteiger partial charge in [0.15, 0.2) is 5.65 Å². The highest BCUT2D eigenvalue weighted by atomic mass is 19.1. The molecule has 0 aliphatic carbocycles. The van der Waals surface area contributed by atoms with E-state index in [1.54, 1.807) is 25.1 Å². The Morgan fingerprint density at radius 3 is 2.36 bits per heavy atom. The van der Waals surface area contributed by atoms with Crippen LogP contribution in [0.25, 0.3) is 16.7 Å².